The molecule has 0 spiro atoms. The molecule has 1 fully saturated rings. The SMILES string of the molecule is Cc1nc(SCC(=O)OCC(=O)NC2CCCCC2)c(C(N)=O)c(C)c1C. The third-order valence-electron chi connectivity index (χ3n) is 4.87. The summed E-state index contributed by atoms with van der Waals surface area (Å²) < 4.78 is 5.04. The number of nitrogens with one attached hydrogen (secondary N) is 1. The Hall–Kier alpha value is -2.09. The number of hydrogen-bond donors (Lipinski definition) is 2. The van der Waals surface area contributed by atoms with Gasteiger partial charge in [0, 0.05) is 11.7 Å². The van der Waals surface area contributed by atoms with Crippen LogP contribution in [-0.2, 0) is 14.3 Å². The Morgan fingerprint density at radius 1 is 1.15 bits per heavy atom. The number of ether oxygens (including phenoxy) is 1. The number of aryl methyl sites for hydroxylation is 1. The lowest BCUT2D eigenvalue weighted by Gasteiger charge is -2.22. The fourth-order valence-corrected chi connectivity index (χ4v) is 4.07. The van der Waals surface area contributed by atoms with Crippen molar-refractivity contribution in [3.8, 4) is 0 Å². The molecule has 1 heterocycles. The molecule has 0 atom stereocenters. The van der Waals surface area contributed by atoms with Crippen LogP contribution in [0.1, 0.15) is 59.3 Å². The maximum absolute atomic E-state index is 12.0. The Balaban J connectivity index is 1.86. The van der Waals surface area contributed by atoms with Crippen LogP contribution in [-0.4, -0.2) is 41.2 Å². The lowest BCUT2D eigenvalue weighted by Crippen LogP contribution is -2.38. The van der Waals surface area contributed by atoms with Crippen LogP contribution in [0, 0.1) is 20.8 Å². The Morgan fingerprint density at radius 3 is 2.44 bits per heavy atom. The van der Waals surface area contributed by atoms with Gasteiger partial charge in [-0.2, -0.15) is 0 Å². The van der Waals surface area contributed by atoms with Crippen molar-refractivity contribution in [2.45, 2.75) is 63.9 Å². The summed E-state index contributed by atoms with van der Waals surface area (Å²) in [6.45, 7) is 5.23. The molecule has 0 saturated heterocycles. The second-order valence-electron chi connectivity index (χ2n) is 6.84. The van der Waals surface area contributed by atoms with E-state index in [1.807, 2.05) is 20.8 Å². The van der Waals surface area contributed by atoms with E-state index in [1.165, 1.54) is 6.42 Å². The van der Waals surface area contributed by atoms with E-state index in [2.05, 4.69) is 10.3 Å². The van der Waals surface area contributed by atoms with Crippen LogP contribution >= 0.6 is 11.8 Å². The number of carbonyl (C=O) groups is 3. The minimum Gasteiger partial charge on any atom is -0.455 e. The smallest absolute Gasteiger partial charge is 0.316 e. The van der Waals surface area contributed by atoms with E-state index in [4.69, 9.17) is 10.5 Å². The minimum atomic E-state index is -0.578. The normalized spacial score (nSPS) is 14.6. The fraction of sp³-hybridized carbons (Fsp3) is 0.579. The zero-order chi connectivity index (χ0) is 20.0. The molecule has 1 aliphatic rings. The molecule has 3 N–H and O–H groups in total. The van der Waals surface area contributed by atoms with Crippen molar-refractivity contribution in [2.75, 3.05) is 12.4 Å². The van der Waals surface area contributed by atoms with Crippen molar-refractivity contribution in [1.29, 1.82) is 0 Å². The number of pyridine rings is 1. The summed E-state index contributed by atoms with van der Waals surface area (Å²) in [4.78, 5) is 40.0. The van der Waals surface area contributed by atoms with Crippen LogP contribution < -0.4 is 11.1 Å². The predicted octanol–water partition coefficient (Wildman–Crippen LogP) is 2.19. The number of rotatable bonds is 7. The molecule has 0 unspecified atom stereocenters. The summed E-state index contributed by atoms with van der Waals surface area (Å²) in [5, 5.41) is 3.31. The van der Waals surface area contributed by atoms with Gasteiger partial charge in [0.25, 0.3) is 11.8 Å². The van der Waals surface area contributed by atoms with Crippen molar-refractivity contribution in [1.82, 2.24) is 10.3 Å². The highest BCUT2D eigenvalue weighted by Crippen LogP contribution is 2.26. The molecular weight excluding hydrogens is 366 g/mol. The highest BCUT2D eigenvalue weighted by molar-refractivity contribution is 8.00. The molecular formula is C19H27N3O4S. The van der Waals surface area contributed by atoms with Gasteiger partial charge in [0.15, 0.2) is 6.61 Å². The first-order chi connectivity index (χ1) is 12.8. The van der Waals surface area contributed by atoms with Crippen LogP contribution in [0.25, 0.3) is 0 Å². The molecule has 1 aromatic heterocycles. The summed E-state index contributed by atoms with van der Waals surface area (Å²) in [5.74, 6) is -1.44. The molecule has 1 saturated carbocycles. The standard InChI is InChI=1S/C19H27N3O4S/c1-11-12(2)17(18(20)25)19(21-13(11)3)27-10-16(24)26-9-15(23)22-14-7-5-4-6-8-14/h14H,4-10H2,1-3H3,(H2,20,25)(H,22,23). The third-order valence-corrected chi connectivity index (χ3v) is 5.82. The van der Waals surface area contributed by atoms with Gasteiger partial charge in [-0.1, -0.05) is 31.0 Å². The van der Waals surface area contributed by atoms with E-state index < -0.39 is 11.9 Å². The van der Waals surface area contributed by atoms with Gasteiger partial charge in [-0.25, -0.2) is 4.98 Å². The largest absolute Gasteiger partial charge is 0.455 e. The van der Waals surface area contributed by atoms with Gasteiger partial charge in [-0.3, -0.25) is 14.4 Å². The van der Waals surface area contributed by atoms with Crippen LogP contribution in [0.3, 0.4) is 0 Å². The molecule has 2 rings (SSSR count). The van der Waals surface area contributed by atoms with E-state index in [9.17, 15) is 14.4 Å². The number of nitrogens with zero attached hydrogens (tertiary/aromatic N) is 1. The van der Waals surface area contributed by atoms with E-state index in [-0.39, 0.29) is 24.3 Å². The number of nitrogens with two attached hydrogens (primary N) is 1. The molecule has 0 radical (unpaired) electrons. The average Bonchev–Trinajstić information content (AvgIpc) is 2.63. The van der Waals surface area contributed by atoms with Gasteiger partial charge in [0.05, 0.1) is 11.3 Å². The Morgan fingerprint density at radius 2 is 1.81 bits per heavy atom. The van der Waals surface area contributed by atoms with E-state index in [0.717, 1.165) is 54.3 Å². The van der Waals surface area contributed by atoms with Crippen molar-refractivity contribution in [2.24, 2.45) is 5.73 Å². The quantitative estimate of drug-likeness (QED) is 0.542. The maximum Gasteiger partial charge on any atom is 0.316 e. The van der Waals surface area contributed by atoms with Crippen LogP contribution in [0.2, 0.25) is 0 Å². The van der Waals surface area contributed by atoms with Gasteiger partial charge in [0.2, 0.25) is 0 Å². The highest BCUT2D eigenvalue weighted by Gasteiger charge is 2.20. The lowest BCUT2D eigenvalue weighted by atomic mass is 9.95. The third kappa shape index (κ3) is 5.95. The Bertz CT molecular complexity index is 730. The number of amides is 2. The predicted molar refractivity (Wildman–Crippen MR) is 104 cm³/mol. The molecule has 8 heteroatoms. The van der Waals surface area contributed by atoms with Gasteiger partial charge >= 0.3 is 5.97 Å². The van der Waals surface area contributed by atoms with Gasteiger partial charge in [-0.05, 0) is 44.7 Å². The molecule has 2 amide bonds. The number of hydrogen-bond acceptors (Lipinski definition) is 6. The second kappa shape index (κ2) is 9.73. The molecule has 0 aromatic carbocycles. The van der Waals surface area contributed by atoms with Crippen molar-refractivity contribution < 1.29 is 19.1 Å². The minimum absolute atomic E-state index is 0.0497. The molecule has 27 heavy (non-hydrogen) atoms. The summed E-state index contributed by atoms with van der Waals surface area (Å²) in [5.41, 5.74) is 8.23. The molecule has 7 nitrogen and oxygen atoms in total. The first-order valence-corrected chi connectivity index (χ1v) is 10.1. The fourth-order valence-electron chi connectivity index (χ4n) is 3.14. The number of carbonyl (C=O) groups excluding carboxylic acids is 3. The number of thioether (sulfide) groups is 1. The summed E-state index contributed by atoms with van der Waals surface area (Å²) in [6, 6.07) is 0.181. The van der Waals surface area contributed by atoms with E-state index in [1.54, 1.807) is 0 Å². The van der Waals surface area contributed by atoms with Crippen LogP contribution in [0.4, 0.5) is 0 Å². The van der Waals surface area contributed by atoms with Crippen molar-refractivity contribution in [3.05, 3.63) is 22.4 Å². The number of esters is 1. The maximum atomic E-state index is 12.0. The van der Waals surface area contributed by atoms with Gasteiger partial charge in [0.1, 0.15) is 5.03 Å². The van der Waals surface area contributed by atoms with Crippen molar-refractivity contribution >= 4 is 29.5 Å². The van der Waals surface area contributed by atoms with Crippen LogP contribution in [0.15, 0.2) is 5.03 Å². The summed E-state index contributed by atoms with van der Waals surface area (Å²) >= 11 is 1.09. The van der Waals surface area contributed by atoms with E-state index in [0.29, 0.717) is 10.6 Å². The monoisotopic (exact) mass is 393 g/mol. The summed E-state index contributed by atoms with van der Waals surface area (Å²) in [7, 11) is 0. The second-order valence-corrected chi connectivity index (χ2v) is 7.81. The zero-order valence-corrected chi connectivity index (χ0v) is 16.9. The van der Waals surface area contributed by atoms with E-state index >= 15 is 0 Å². The van der Waals surface area contributed by atoms with Gasteiger partial charge in [-0.15, -0.1) is 0 Å². The Kier molecular flexibility index (Phi) is 7.65. The number of aromatic nitrogens is 1. The molecule has 0 bridgehead atoms. The average molecular weight is 394 g/mol. The zero-order valence-electron chi connectivity index (χ0n) is 16.1. The molecule has 1 aromatic rings. The van der Waals surface area contributed by atoms with Gasteiger partial charge < -0.3 is 15.8 Å². The topological polar surface area (TPSA) is 111 Å². The number of primary amides is 1. The first-order valence-electron chi connectivity index (χ1n) is 9.15. The molecule has 0 aliphatic heterocycles. The highest BCUT2D eigenvalue weighted by atomic mass is 32.2. The van der Waals surface area contributed by atoms with Crippen LogP contribution in [0.5, 0.6) is 0 Å². The Labute approximate surface area is 163 Å². The molecule has 1 aliphatic carbocycles. The lowest BCUT2D eigenvalue weighted by molar-refractivity contribution is -0.146. The first kappa shape index (κ1) is 21.2. The van der Waals surface area contributed by atoms with Crippen molar-refractivity contribution in [3.63, 3.8) is 0 Å². The molecule has 148 valence electrons. The summed E-state index contributed by atoms with van der Waals surface area (Å²) in [6.07, 6.45) is 5.39.